The minimum atomic E-state index is -1.32. The van der Waals surface area contributed by atoms with Crippen molar-refractivity contribution in [2.24, 2.45) is 4.99 Å². The Labute approximate surface area is 210 Å². The van der Waals surface area contributed by atoms with Gasteiger partial charge in [-0.15, -0.1) is 0 Å². The van der Waals surface area contributed by atoms with Gasteiger partial charge in [-0.1, -0.05) is 23.7 Å². The Morgan fingerprint density at radius 1 is 1.26 bits per heavy atom. The number of amides is 1. The zero-order chi connectivity index (χ0) is 25.3. The summed E-state index contributed by atoms with van der Waals surface area (Å²) in [5, 5.41) is 23.4. The number of hydrogen-bond acceptors (Lipinski definition) is 8. The van der Waals surface area contributed by atoms with Crippen LogP contribution in [0.5, 0.6) is 5.75 Å². The molecule has 9 nitrogen and oxygen atoms in total. The summed E-state index contributed by atoms with van der Waals surface area (Å²) >= 11 is 6.14. The molecule has 0 spiro atoms. The second-order valence-electron chi connectivity index (χ2n) is 9.43. The molecule has 0 radical (unpaired) electrons. The Kier molecular flexibility index (Phi) is 7.35. The van der Waals surface area contributed by atoms with Gasteiger partial charge in [0, 0.05) is 28.4 Å². The summed E-state index contributed by atoms with van der Waals surface area (Å²) in [6, 6.07) is 12.8. The van der Waals surface area contributed by atoms with E-state index in [0.717, 1.165) is 22.5 Å². The number of hydrogen-bond donors (Lipinski definition) is 5. The summed E-state index contributed by atoms with van der Waals surface area (Å²) in [5.74, 6) is 0.425. The van der Waals surface area contributed by atoms with Crippen LogP contribution < -0.4 is 25.8 Å². The molecule has 3 unspecified atom stereocenters. The number of carbonyl (C=O) groups is 1. The fraction of sp³-hybridized carbons (Fsp3) is 0.440. The van der Waals surface area contributed by atoms with Crippen molar-refractivity contribution in [2.45, 2.75) is 57.3 Å². The number of ether oxygens (including phenoxy) is 1. The lowest BCUT2D eigenvalue weighted by atomic mass is 9.99. The SMILES string of the molecule is COc1ccc2c(c1)C(c1ccc(Cl)cc1)=N[C@@H](CC(=O)NCC(O)C(C)(C)O)C1NNC(C)N21. The summed E-state index contributed by atoms with van der Waals surface area (Å²) in [6.07, 6.45) is -1.38. The molecular weight excluding hydrogens is 470 g/mol. The fourth-order valence-corrected chi connectivity index (χ4v) is 4.43. The molecule has 1 amide bonds. The van der Waals surface area contributed by atoms with Crippen molar-refractivity contribution in [2.75, 3.05) is 18.6 Å². The van der Waals surface area contributed by atoms with Gasteiger partial charge in [0.1, 0.15) is 11.9 Å². The smallest absolute Gasteiger partial charge is 0.222 e. The molecule has 0 bridgehead atoms. The molecule has 188 valence electrons. The fourth-order valence-electron chi connectivity index (χ4n) is 4.31. The number of rotatable bonds is 7. The highest BCUT2D eigenvalue weighted by molar-refractivity contribution is 6.30. The molecule has 1 fully saturated rings. The number of hydrazine groups is 1. The van der Waals surface area contributed by atoms with Gasteiger partial charge in [-0.05, 0) is 51.1 Å². The van der Waals surface area contributed by atoms with E-state index in [1.54, 1.807) is 7.11 Å². The molecule has 2 aliphatic heterocycles. The van der Waals surface area contributed by atoms with Crippen LogP contribution in [0.4, 0.5) is 5.69 Å². The summed E-state index contributed by atoms with van der Waals surface area (Å²) in [6.45, 7) is 4.97. The second kappa shape index (κ2) is 10.1. The van der Waals surface area contributed by atoms with Crippen molar-refractivity contribution in [3.8, 4) is 5.75 Å². The maximum Gasteiger partial charge on any atom is 0.222 e. The largest absolute Gasteiger partial charge is 0.497 e. The molecule has 4 rings (SSSR count). The van der Waals surface area contributed by atoms with Crippen LogP contribution in [0.2, 0.25) is 5.02 Å². The highest BCUT2D eigenvalue weighted by atomic mass is 35.5. The number of nitrogens with zero attached hydrogens (tertiary/aromatic N) is 2. The standard InChI is InChI=1S/C25H32ClN5O4/c1-14-29-30-24-19(12-22(33)27-13-21(32)25(2,3)34)28-23(15-5-7-16(26)8-6-15)18-11-17(35-4)9-10-20(18)31(14)24/h5-11,14,19,21,24,29-30,32,34H,12-13H2,1-4H3,(H,27,33)/t14?,19-,21?,24?/m0/s1. The van der Waals surface area contributed by atoms with E-state index in [4.69, 9.17) is 21.3 Å². The normalized spacial score (nSPS) is 22.5. The van der Waals surface area contributed by atoms with Crippen molar-refractivity contribution < 1.29 is 19.7 Å². The number of carbonyl (C=O) groups excluding carboxylic acids is 1. The molecule has 0 saturated carbocycles. The van der Waals surface area contributed by atoms with E-state index in [-0.39, 0.29) is 31.2 Å². The summed E-state index contributed by atoms with van der Waals surface area (Å²) in [5.41, 5.74) is 8.65. The summed E-state index contributed by atoms with van der Waals surface area (Å²) < 4.78 is 5.50. The van der Waals surface area contributed by atoms with Gasteiger partial charge in [0.25, 0.3) is 0 Å². The second-order valence-corrected chi connectivity index (χ2v) is 9.87. The monoisotopic (exact) mass is 501 g/mol. The van der Waals surface area contributed by atoms with Gasteiger partial charge < -0.3 is 25.2 Å². The number of halogens is 1. The molecular formula is C25H32ClN5O4. The van der Waals surface area contributed by atoms with E-state index in [1.165, 1.54) is 13.8 Å². The quantitative estimate of drug-likeness (QED) is 0.392. The van der Waals surface area contributed by atoms with Crippen LogP contribution in [0, 0.1) is 0 Å². The van der Waals surface area contributed by atoms with E-state index in [2.05, 4.69) is 21.1 Å². The highest BCUT2D eigenvalue weighted by Gasteiger charge is 2.41. The lowest BCUT2D eigenvalue weighted by Crippen LogP contribution is -2.49. The van der Waals surface area contributed by atoms with Crippen molar-refractivity contribution in [1.82, 2.24) is 16.2 Å². The Bertz CT molecular complexity index is 1100. The van der Waals surface area contributed by atoms with Crippen LogP contribution in [-0.2, 0) is 4.79 Å². The maximum atomic E-state index is 12.9. The van der Waals surface area contributed by atoms with Gasteiger partial charge >= 0.3 is 0 Å². The molecule has 5 N–H and O–H groups in total. The first-order chi connectivity index (χ1) is 16.6. The molecule has 35 heavy (non-hydrogen) atoms. The van der Waals surface area contributed by atoms with Gasteiger partial charge in [-0.2, -0.15) is 0 Å². The Hall–Kier alpha value is -2.69. The molecule has 2 aromatic carbocycles. The first kappa shape index (κ1) is 25.4. The van der Waals surface area contributed by atoms with Crippen LogP contribution in [0.25, 0.3) is 0 Å². The van der Waals surface area contributed by atoms with Crippen molar-refractivity contribution in [3.05, 3.63) is 58.6 Å². The molecule has 2 heterocycles. The van der Waals surface area contributed by atoms with E-state index >= 15 is 0 Å². The number of aliphatic imine (C=N–C) groups is 1. The molecule has 2 aromatic rings. The molecule has 2 aliphatic rings. The molecule has 0 aromatic heterocycles. The van der Waals surface area contributed by atoms with Crippen LogP contribution in [0.3, 0.4) is 0 Å². The lowest BCUT2D eigenvalue weighted by Gasteiger charge is -2.31. The summed E-state index contributed by atoms with van der Waals surface area (Å²) in [7, 11) is 1.62. The average molecular weight is 502 g/mol. The van der Waals surface area contributed by atoms with Crippen LogP contribution in [0.1, 0.15) is 38.3 Å². The molecule has 10 heteroatoms. The van der Waals surface area contributed by atoms with E-state index in [0.29, 0.717) is 10.8 Å². The molecule has 1 saturated heterocycles. The zero-order valence-electron chi connectivity index (χ0n) is 20.2. The van der Waals surface area contributed by atoms with E-state index in [9.17, 15) is 15.0 Å². The van der Waals surface area contributed by atoms with Crippen molar-refractivity contribution >= 4 is 28.9 Å². The number of methoxy groups -OCH3 is 1. The Morgan fingerprint density at radius 2 is 1.97 bits per heavy atom. The van der Waals surface area contributed by atoms with Crippen molar-refractivity contribution in [3.63, 3.8) is 0 Å². The highest BCUT2D eigenvalue weighted by Crippen LogP contribution is 2.36. The van der Waals surface area contributed by atoms with Crippen molar-refractivity contribution in [1.29, 1.82) is 0 Å². The number of aliphatic hydroxyl groups is 2. The minimum absolute atomic E-state index is 0.0588. The van der Waals surface area contributed by atoms with Gasteiger partial charge in [0.05, 0.1) is 43.2 Å². The number of anilines is 1. The van der Waals surface area contributed by atoms with E-state index < -0.39 is 17.7 Å². The van der Waals surface area contributed by atoms with Crippen LogP contribution >= 0.6 is 11.6 Å². The lowest BCUT2D eigenvalue weighted by molar-refractivity contribution is -0.123. The van der Waals surface area contributed by atoms with E-state index in [1.807, 2.05) is 49.4 Å². The minimum Gasteiger partial charge on any atom is -0.497 e. The predicted molar refractivity (Wildman–Crippen MR) is 136 cm³/mol. The van der Waals surface area contributed by atoms with Gasteiger partial charge in [0.15, 0.2) is 0 Å². The third kappa shape index (κ3) is 5.44. The topological polar surface area (TPSA) is 118 Å². The number of nitrogens with one attached hydrogen (secondary N) is 3. The third-order valence-corrected chi connectivity index (χ3v) is 6.63. The third-order valence-electron chi connectivity index (χ3n) is 6.37. The number of fused-ring (bicyclic) bond motifs is 3. The van der Waals surface area contributed by atoms with Gasteiger partial charge in [-0.25, -0.2) is 10.9 Å². The van der Waals surface area contributed by atoms with Crippen LogP contribution in [0.15, 0.2) is 47.5 Å². The maximum absolute atomic E-state index is 12.9. The first-order valence-electron chi connectivity index (χ1n) is 11.6. The Morgan fingerprint density at radius 3 is 2.63 bits per heavy atom. The average Bonchev–Trinajstić information content (AvgIpc) is 3.14. The number of aliphatic hydroxyl groups excluding tert-OH is 1. The molecule has 4 atom stereocenters. The van der Waals surface area contributed by atoms with Gasteiger partial charge in [-0.3, -0.25) is 9.79 Å². The number of benzene rings is 2. The van der Waals surface area contributed by atoms with Crippen LogP contribution in [-0.4, -0.2) is 65.6 Å². The Balaban J connectivity index is 1.73. The first-order valence-corrected chi connectivity index (χ1v) is 11.9. The van der Waals surface area contributed by atoms with Gasteiger partial charge in [0.2, 0.25) is 5.91 Å². The summed E-state index contributed by atoms with van der Waals surface area (Å²) in [4.78, 5) is 20.2. The predicted octanol–water partition coefficient (Wildman–Crippen LogP) is 1.79. The molecule has 0 aliphatic carbocycles. The zero-order valence-corrected chi connectivity index (χ0v) is 21.0.